The molecule has 6 nitrogen and oxygen atoms in total. The molecule has 6 heteroatoms. The zero-order valence-electron chi connectivity index (χ0n) is 15.5. The smallest absolute Gasteiger partial charge is 0.236 e. The third-order valence-electron chi connectivity index (χ3n) is 5.31. The predicted octanol–water partition coefficient (Wildman–Crippen LogP) is 1.06. The lowest BCUT2D eigenvalue weighted by molar-refractivity contribution is -0.134. The summed E-state index contributed by atoms with van der Waals surface area (Å²) in [6, 6.07) is 0.731. The van der Waals surface area contributed by atoms with Crippen molar-refractivity contribution in [3.8, 4) is 0 Å². The second-order valence-corrected chi connectivity index (χ2v) is 6.97. The maximum Gasteiger partial charge on any atom is 0.236 e. The third-order valence-corrected chi connectivity index (χ3v) is 5.31. The number of ether oxygens (including phenoxy) is 2. The van der Waals surface area contributed by atoms with E-state index in [4.69, 9.17) is 9.47 Å². The number of rotatable bonds is 9. The van der Waals surface area contributed by atoms with E-state index >= 15 is 0 Å². The first-order valence-electron chi connectivity index (χ1n) is 9.46. The highest BCUT2D eigenvalue weighted by Crippen LogP contribution is 2.20. The van der Waals surface area contributed by atoms with Crippen molar-refractivity contribution in [1.82, 2.24) is 14.7 Å². The van der Waals surface area contributed by atoms with E-state index < -0.39 is 0 Å². The minimum Gasteiger partial charge on any atom is -0.383 e. The van der Waals surface area contributed by atoms with E-state index in [1.165, 1.54) is 45.2 Å². The minimum atomic E-state index is 0.195. The SMILES string of the molecule is COCCN(CCOC)C(=O)CN1CCC(N2CCCCC2)CC1. The number of carbonyl (C=O) groups excluding carboxylic acids is 1. The Bertz CT molecular complexity index is 345. The number of piperidine rings is 2. The molecule has 0 spiro atoms. The van der Waals surface area contributed by atoms with Crippen molar-refractivity contribution < 1.29 is 14.3 Å². The van der Waals surface area contributed by atoms with Gasteiger partial charge in [0.15, 0.2) is 0 Å². The summed E-state index contributed by atoms with van der Waals surface area (Å²) >= 11 is 0. The fraction of sp³-hybridized carbons (Fsp3) is 0.944. The lowest BCUT2D eigenvalue weighted by atomic mass is 10.00. The first-order chi connectivity index (χ1) is 11.7. The zero-order chi connectivity index (χ0) is 17.2. The Balaban J connectivity index is 1.73. The summed E-state index contributed by atoms with van der Waals surface area (Å²) in [7, 11) is 3.34. The largest absolute Gasteiger partial charge is 0.383 e. The van der Waals surface area contributed by atoms with Crippen molar-refractivity contribution in [2.24, 2.45) is 0 Å². The van der Waals surface area contributed by atoms with Gasteiger partial charge < -0.3 is 19.3 Å². The fourth-order valence-corrected chi connectivity index (χ4v) is 3.78. The van der Waals surface area contributed by atoms with Gasteiger partial charge in [0, 0.05) is 46.4 Å². The quantitative estimate of drug-likeness (QED) is 0.627. The Hall–Kier alpha value is -0.690. The molecule has 2 heterocycles. The Morgan fingerprint density at radius 1 is 0.958 bits per heavy atom. The van der Waals surface area contributed by atoms with Gasteiger partial charge in [0.05, 0.1) is 19.8 Å². The molecule has 2 rings (SSSR count). The molecule has 0 unspecified atom stereocenters. The lowest BCUT2D eigenvalue weighted by Gasteiger charge is -2.40. The molecule has 0 atom stereocenters. The summed E-state index contributed by atoms with van der Waals surface area (Å²) < 4.78 is 10.2. The zero-order valence-corrected chi connectivity index (χ0v) is 15.5. The molecule has 0 saturated carbocycles. The molecule has 2 saturated heterocycles. The highest BCUT2D eigenvalue weighted by atomic mass is 16.5. The molecule has 1 amide bonds. The molecule has 2 aliphatic rings. The summed E-state index contributed by atoms with van der Waals surface area (Å²) in [4.78, 5) is 19.4. The van der Waals surface area contributed by atoms with Crippen LogP contribution < -0.4 is 0 Å². The Labute approximate surface area is 147 Å². The summed E-state index contributed by atoms with van der Waals surface area (Å²) in [5.74, 6) is 0.195. The second-order valence-electron chi connectivity index (χ2n) is 6.97. The molecular weight excluding hydrogens is 306 g/mol. The first kappa shape index (κ1) is 19.6. The molecule has 0 radical (unpaired) electrons. The predicted molar refractivity (Wildman–Crippen MR) is 95.2 cm³/mol. The number of hydrogen-bond donors (Lipinski definition) is 0. The molecule has 0 aromatic heterocycles. The maximum absolute atomic E-state index is 12.6. The molecule has 0 bridgehead atoms. The number of carbonyl (C=O) groups is 1. The van der Waals surface area contributed by atoms with Crippen molar-refractivity contribution in [3.05, 3.63) is 0 Å². The van der Waals surface area contributed by atoms with Crippen LogP contribution in [-0.4, -0.2) is 99.9 Å². The van der Waals surface area contributed by atoms with Crippen molar-refractivity contribution in [2.45, 2.75) is 38.1 Å². The number of likely N-dealkylation sites (tertiary alicyclic amines) is 2. The van der Waals surface area contributed by atoms with Crippen LogP contribution in [0.1, 0.15) is 32.1 Å². The number of nitrogens with zero attached hydrogens (tertiary/aromatic N) is 3. The van der Waals surface area contributed by atoms with E-state index in [1.54, 1.807) is 14.2 Å². The highest BCUT2D eigenvalue weighted by Gasteiger charge is 2.27. The van der Waals surface area contributed by atoms with E-state index in [9.17, 15) is 4.79 Å². The third kappa shape index (κ3) is 6.31. The molecule has 24 heavy (non-hydrogen) atoms. The van der Waals surface area contributed by atoms with Crippen molar-refractivity contribution in [1.29, 1.82) is 0 Å². The molecule has 0 aromatic carbocycles. The Kier molecular flexibility index (Phi) is 9.02. The van der Waals surface area contributed by atoms with Crippen LogP contribution in [0.15, 0.2) is 0 Å². The molecule has 0 N–H and O–H groups in total. The van der Waals surface area contributed by atoms with Gasteiger partial charge in [0.2, 0.25) is 5.91 Å². The standard InChI is InChI=1S/C18H35N3O3/c1-23-14-12-21(13-15-24-2)18(22)16-19-10-6-17(7-11-19)20-8-4-3-5-9-20/h17H,3-16H2,1-2H3. The van der Waals surface area contributed by atoms with Crippen LogP contribution >= 0.6 is 0 Å². The van der Waals surface area contributed by atoms with E-state index in [2.05, 4.69) is 9.80 Å². The van der Waals surface area contributed by atoms with Crippen molar-refractivity contribution >= 4 is 5.91 Å². The van der Waals surface area contributed by atoms with Crippen LogP contribution in [-0.2, 0) is 14.3 Å². The van der Waals surface area contributed by atoms with E-state index in [1.807, 2.05) is 4.90 Å². The fourth-order valence-electron chi connectivity index (χ4n) is 3.78. The number of amides is 1. The van der Waals surface area contributed by atoms with Gasteiger partial charge in [0.25, 0.3) is 0 Å². The topological polar surface area (TPSA) is 45.3 Å². The molecule has 140 valence electrons. The van der Waals surface area contributed by atoms with Gasteiger partial charge in [-0.3, -0.25) is 9.69 Å². The van der Waals surface area contributed by atoms with Crippen LogP contribution in [0.5, 0.6) is 0 Å². The number of methoxy groups -OCH3 is 2. The van der Waals surface area contributed by atoms with Crippen LogP contribution in [0, 0.1) is 0 Å². The minimum absolute atomic E-state index is 0.195. The van der Waals surface area contributed by atoms with Gasteiger partial charge in [-0.15, -0.1) is 0 Å². The molecule has 2 fully saturated rings. The van der Waals surface area contributed by atoms with Crippen LogP contribution in [0.2, 0.25) is 0 Å². The normalized spacial score (nSPS) is 21.1. The Morgan fingerprint density at radius 3 is 2.08 bits per heavy atom. The van der Waals surface area contributed by atoms with Crippen molar-refractivity contribution in [3.63, 3.8) is 0 Å². The van der Waals surface area contributed by atoms with Crippen LogP contribution in [0.4, 0.5) is 0 Å². The summed E-state index contributed by atoms with van der Waals surface area (Å²) in [5.41, 5.74) is 0. The maximum atomic E-state index is 12.6. The molecule has 0 aliphatic carbocycles. The lowest BCUT2D eigenvalue weighted by Crippen LogP contribution is -2.49. The van der Waals surface area contributed by atoms with Crippen LogP contribution in [0.25, 0.3) is 0 Å². The first-order valence-corrected chi connectivity index (χ1v) is 9.46. The van der Waals surface area contributed by atoms with Crippen molar-refractivity contribution in [2.75, 3.05) is 73.2 Å². The van der Waals surface area contributed by atoms with Crippen LogP contribution in [0.3, 0.4) is 0 Å². The summed E-state index contributed by atoms with van der Waals surface area (Å²) in [6.45, 7) is 7.58. The van der Waals surface area contributed by atoms with E-state index in [0.717, 1.165) is 19.1 Å². The van der Waals surface area contributed by atoms with E-state index in [-0.39, 0.29) is 5.91 Å². The van der Waals surface area contributed by atoms with Gasteiger partial charge in [-0.1, -0.05) is 6.42 Å². The van der Waals surface area contributed by atoms with Gasteiger partial charge in [-0.25, -0.2) is 0 Å². The van der Waals surface area contributed by atoms with E-state index in [0.29, 0.717) is 32.8 Å². The van der Waals surface area contributed by atoms with Gasteiger partial charge in [0.1, 0.15) is 0 Å². The Morgan fingerprint density at radius 2 is 1.54 bits per heavy atom. The second kappa shape index (κ2) is 11.0. The number of hydrogen-bond acceptors (Lipinski definition) is 5. The van der Waals surface area contributed by atoms with Gasteiger partial charge >= 0.3 is 0 Å². The van der Waals surface area contributed by atoms with Gasteiger partial charge in [-0.05, 0) is 38.8 Å². The summed E-state index contributed by atoms with van der Waals surface area (Å²) in [5, 5.41) is 0. The average Bonchev–Trinajstić information content (AvgIpc) is 2.63. The molecule has 0 aromatic rings. The summed E-state index contributed by atoms with van der Waals surface area (Å²) in [6.07, 6.45) is 6.49. The molecule has 2 aliphatic heterocycles. The average molecular weight is 341 g/mol. The van der Waals surface area contributed by atoms with Gasteiger partial charge in [-0.2, -0.15) is 0 Å². The highest BCUT2D eigenvalue weighted by molar-refractivity contribution is 5.78. The molecular formula is C18H35N3O3. The monoisotopic (exact) mass is 341 g/mol.